The van der Waals surface area contributed by atoms with Crippen LogP contribution in [0.2, 0.25) is 0 Å². The summed E-state index contributed by atoms with van der Waals surface area (Å²) in [6.45, 7) is 2.80. The fourth-order valence-corrected chi connectivity index (χ4v) is 4.11. The van der Waals surface area contributed by atoms with Crippen molar-refractivity contribution in [3.8, 4) is 5.75 Å². The van der Waals surface area contributed by atoms with Gasteiger partial charge in [0.1, 0.15) is 5.75 Å². The number of benzene rings is 1. The van der Waals surface area contributed by atoms with Gasteiger partial charge in [-0.3, -0.25) is 14.6 Å². The van der Waals surface area contributed by atoms with E-state index in [1.54, 1.807) is 36.7 Å². The third-order valence-electron chi connectivity index (χ3n) is 5.95. The number of rotatable bonds is 7. The number of carbonyl (C=O) groups is 2. The van der Waals surface area contributed by atoms with Crippen molar-refractivity contribution in [2.24, 2.45) is 5.92 Å². The van der Waals surface area contributed by atoms with Crippen LogP contribution in [0.25, 0.3) is 0 Å². The average Bonchev–Trinajstić information content (AvgIpc) is 3.25. The van der Waals surface area contributed by atoms with Crippen LogP contribution in [-0.4, -0.2) is 60.7 Å². The van der Waals surface area contributed by atoms with Gasteiger partial charge in [-0.1, -0.05) is 0 Å². The molecule has 2 aliphatic rings. The zero-order chi connectivity index (χ0) is 21.5. The maximum absolute atomic E-state index is 12.7. The number of aromatic nitrogens is 1. The lowest BCUT2D eigenvalue weighted by atomic mass is 9.95. The van der Waals surface area contributed by atoms with Gasteiger partial charge in [-0.2, -0.15) is 0 Å². The van der Waals surface area contributed by atoms with Gasteiger partial charge in [0.25, 0.3) is 11.8 Å². The van der Waals surface area contributed by atoms with E-state index >= 15 is 0 Å². The smallest absolute Gasteiger partial charge is 0.260 e. The molecule has 1 aromatic carbocycles. The monoisotopic (exact) mass is 423 g/mol. The lowest BCUT2D eigenvalue weighted by Crippen LogP contribution is -2.40. The number of hydrogen-bond donors (Lipinski definition) is 1. The number of carbonyl (C=O) groups excluding carboxylic acids is 2. The van der Waals surface area contributed by atoms with Crippen LogP contribution in [0.15, 0.2) is 48.8 Å². The highest BCUT2D eigenvalue weighted by atomic mass is 16.5. The zero-order valence-corrected chi connectivity index (χ0v) is 17.7. The first-order valence-corrected chi connectivity index (χ1v) is 11.0. The van der Waals surface area contributed by atoms with E-state index in [-0.39, 0.29) is 30.4 Å². The Balaban J connectivity index is 1.27. The van der Waals surface area contributed by atoms with E-state index in [4.69, 9.17) is 9.47 Å². The molecule has 2 saturated heterocycles. The first-order chi connectivity index (χ1) is 15.2. The summed E-state index contributed by atoms with van der Waals surface area (Å²) in [6, 6.07) is 10.9. The standard InChI is InChI=1S/C24H29N3O4/c28-23(27-12-2-1-3-13-27)17-31-21-6-4-19(5-7-21)24(29)26-22-16-30-15-20(22)14-18-8-10-25-11-9-18/h4-11,20,22H,1-3,12-17H2,(H,26,29)/t20-,22+/m1/s1. The van der Waals surface area contributed by atoms with Crippen LogP contribution in [0.3, 0.4) is 0 Å². The van der Waals surface area contributed by atoms with Gasteiger partial charge in [-0.25, -0.2) is 0 Å². The van der Waals surface area contributed by atoms with Crippen LogP contribution in [0, 0.1) is 5.92 Å². The molecule has 2 aliphatic heterocycles. The molecular formula is C24H29N3O4. The fraction of sp³-hybridized carbons (Fsp3) is 0.458. The first-order valence-electron chi connectivity index (χ1n) is 11.0. The molecule has 164 valence electrons. The normalized spacial score (nSPS) is 21.0. The largest absolute Gasteiger partial charge is 0.484 e. The summed E-state index contributed by atoms with van der Waals surface area (Å²) in [4.78, 5) is 30.8. The van der Waals surface area contributed by atoms with E-state index in [1.165, 1.54) is 12.0 Å². The van der Waals surface area contributed by atoms with E-state index < -0.39 is 0 Å². The molecule has 7 nitrogen and oxygen atoms in total. The Bertz CT molecular complexity index is 866. The molecular weight excluding hydrogens is 394 g/mol. The SMILES string of the molecule is O=C(N[C@H]1COC[C@H]1Cc1ccncc1)c1ccc(OCC(=O)N2CCCCC2)cc1. The molecule has 0 spiro atoms. The number of nitrogens with one attached hydrogen (secondary N) is 1. The second-order valence-electron chi connectivity index (χ2n) is 8.19. The number of piperidine rings is 1. The summed E-state index contributed by atoms with van der Waals surface area (Å²) in [5.41, 5.74) is 1.75. The molecule has 31 heavy (non-hydrogen) atoms. The van der Waals surface area contributed by atoms with Crippen LogP contribution in [0.1, 0.15) is 35.2 Å². The summed E-state index contributed by atoms with van der Waals surface area (Å²) >= 11 is 0. The molecule has 1 aromatic heterocycles. The predicted octanol–water partition coefficient (Wildman–Crippen LogP) is 2.46. The zero-order valence-electron chi connectivity index (χ0n) is 17.7. The summed E-state index contributed by atoms with van der Waals surface area (Å²) in [5.74, 6) is 0.700. The van der Waals surface area contributed by atoms with Gasteiger partial charge >= 0.3 is 0 Å². The van der Waals surface area contributed by atoms with Crippen LogP contribution in [0.5, 0.6) is 5.75 Å². The Morgan fingerprint density at radius 3 is 2.52 bits per heavy atom. The van der Waals surface area contributed by atoms with Crippen LogP contribution < -0.4 is 10.1 Å². The highest BCUT2D eigenvalue weighted by Crippen LogP contribution is 2.20. The van der Waals surface area contributed by atoms with Crippen molar-refractivity contribution in [3.63, 3.8) is 0 Å². The van der Waals surface area contributed by atoms with Gasteiger partial charge in [0.05, 0.1) is 19.3 Å². The van der Waals surface area contributed by atoms with Crippen LogP contribution >= 0.6 is 0 Å². The third kappa shape index (κ3) is 5.82. The fourth-order valence-electron chi connectivity index (χ4n) is 4.11. The molecule has 0 unspecified atom stereocenters. The third-order valence-corrected chi connectivity index (χ3v) is 5.95. The minimum atomic E-state index is -0.133. The number of amides is 2. The summed E-state index contributed by atoms with van der Waals surface area (Å²) in [5, 5.41) is 3.10. The van der Waals surface area contributed by atoms with Gasteiger partial charge in [0, 0.05) is 37.0 Å². The molecule has 2 atom stereocenters. The van der Waals surface area contributed by atoms with Crippen molar-refractivity contribution in [2.75, 3.05) is 32.9 Å². The van der Waals surface area contributed by atoms with Gasteiger partial charge in [-0.15, -0.1) is 0 Å². The second-order valence-corrected chi connectivity index (χ2v) is 8.19. The molecule has 0 aliphatic carbocycles. The predicted molar refractivity (Wildman–Crippen MR) is 116 cm³/mol. The molecule has 0 radical (unpaired) electrons. The van der Waals surface area contributed by atoms with Crippen molar-refractivity contribution >= 4 is 11.8 Å². The highest BCUT2D eigenvalue weighted by molar-refractivity contribution is 5.94. The van der Waals surface area contributed by atoms with E-state index in [0.29, 0.717) is 24.5 Å². The molecule has 7 heteroatoms. The molecule has 1 N–H and O–H groups in total. The van der Waals surface area contributed by atoms with E-state index in [2.05, 4.69) is 10.3 Å². The first kappa shape index (κ1) is 21.3. The molecule has 0 saturated carbocycles. The van der Waals surface area contributed by atoms with Crippen LogP contribution in [0.4, 0.5) is 0 Å². The van der Waals surface area contributed by atoms with Crippen molar-refractivity contribution in [2.45, 2.75) is 31.7 Å². The molecule has 0 bridgehead atoms. The summed E-state index contributed by atoms with van der Waals surface area (Å²) < 4.78 is 11.2. The molecule has 2 fully saturated rings. The number of ether oxygens (including phenoxy) is 2. The van der Waals surface area contributed by atoms with Crippen LogP contribution in [-0.2, 0) is 16.0 Å². The quantitative estimate of drug-likeness (QED) is 0.740. The lowest BCUT2D eigenvalue weighted by molar-refractivity contribution is -0.134. The minimum absolute atomic E-state index is 0.0167. The Hall–Kier alpha value is -2.93. The topological polar surface area (TPSA) is 80.8 Å². The Labute approximate surface area is 182 Å². The van der Waals surface area contributed by atoms with Crippen molar-refractivity contribution in [3.05, 3.63) is 59.9 Å². The molecule has 3 heterocycles. The van der Waals surface area contributed by atoms with E-state index in [1.807, 2.05) is 17.0 Å². The van der Waals surface area contributed by atoms with Gasteiger partial charge in [0.2, 0.25) is 0 Å². The van der Waals surface area contributed by atoms with E-state index in [0.717, 1.165) is 32.4 Å². The number of hydrogen-bond acceptors (Lipinski definition) is 5. The summed E-state index contributed by atoms with van der Waals surface area (Å²) in [7, 11) is 0. The molecule has 4 rings (SSSR count). The maximum atomic E-state index is 12.7. The minimum Gasteiger partial charge on any atom is -0.484 e. The average molecular weight is 424 g/mol. The Morgan fingerprint density at radius 1 is 1.03 bits per heavy atom. The highest BCUT2D eigenvalue weighted by Gasteiger charge is 2.30. The van der Waals surface area contributed by atoms with Crippen molar-refractivity contribution < 1.29 is 19.1 Å². The molecule has 2 aromatic rings. The van der Waals surface area contributed by atoms with Crippen molar-refractivity contribution in [1.82, 2.24) is 15.2 Å². The lowest BCUT2D eigenvalue weighted by Gasteiger charge is -2.26. The van der Waals surface area contributed by atoms with Gasteiger partial charge in [0.15, 0.2) is 6.61 Å². The van der Waals surface area contributed by atoms with Gasteiger partial charge in [-0.05, 0) is 67.6 Å². The number of likely N-dealkylation sites (tertiary alicyclic amines) is 1. The molecule has 2 amide bonds. The second kappa shape index (κ2) is 10.4. The Morgan fingerprint density at radius 2 is 1.77 bits per heavy atom. The maximum Gasteiger partial charge on any atom is 0.260 e. The Kier molecular flexibility index (Phi) is 7.14. The van der Waals surface area contributed by atoms with Gasteiger partial charge < -0.3 is 19.7 Å². The van der Waals surface area contributed by atoms with Crippen molar-refractivity contribution in [1.29, 1.82) is 0 Å². The summed E-state index contributed by atoms with van der Waals surface area (Å²) in [6.07, 6.45) is 7.71. The number of nitrogens with zero attached hydrogens (tertiary/aromatic N) is 2. The number of pyridine rings is 1. The van der Waals surface area contributed by atoms with E-state index in [9.17, 15) is 9.59 Å².